The maximum atomic E-state index is 14.2. The van der Waals surface area contributed by atoms with Gasteiger partial charge in [-0.25, -0.2) is 4.79 Å². The molecule has 3 N–H and O–H groups in total. The Hall–Kier alpha value is -3.39. The standard InChI is InChI=1S/C23H21FN2O4S/c1-11-8-16(30-3)18(14-7-5-4-6-13(14)12(2)10-25-23(28)29)19-15-9-17(24)31-21(15)22(27)26-20(11)19/h4-9,12,25H,10H2,1-3H3,(H,26,27)(H,28,29). The van der Waals surface area contributed by atoms with E-state index in [1.807, 2.05) is 44.2 Å². The maximum absolute atomic E-state index is 14.2. The number of H-pyrrole nitrogens is 1. The predicted molar refractivity (Wildman–Crippen MR) is 121 cm³/mol. The molecule has 0 aliphatic heterocycles. The first-order valence-electron chi connectivity index (χ1n) is 9.70. The molecule has 0 saturated carbocycles. The van der Waals surface area contributed by atoms with Crippen LogP contribution in [0.5, 0.6) is 5.75 Å². The van der Waals surface area contributed by atoms with Crippen LogP contribution in [-0.4, -0.2) is 29.8 Å². The zero-order chi connectivity index (χ0) is 22.3. The molecule has 1 atom stereocenters. The summed E-state index contributed by atoms with van der Waals surface area (Å²) < 4.78 is 20.2. The number of methoxy groups -OCH3 is 1. The summed E-state index contributed by atoms with van der Waals surface area (Å²) in [5, 5.41) is 12.2. The van der Waals surface area contributed by atoms with E-state index < -0.39 is 11.2 Å². The molecule has 6 nitrogen and oxygen atoms in total. The van der Waals surface area contributed by atoms with E-state index in [4.69, 9.17) is 9.84 Å². The van der Waals surface area contributed by atoms with Crippen LogP contribution >= 0.6 is 11.3 Å². The number of pyridine rings is 1. The van der Waals surface area contributed by atoms with Gasteiger partial charge in [-0.05, 0) is 41.7 Å². The van der Waals surface area contributed by atoms with Crippen molar-refractivity contribution in [2.45, 2.75) is 19.8 Å². The highest BCUT2D eigenvalue weighted by Gasteiger charge is 2.22. The molecule has 160 valence electrons. The highest BCUT2D eigenvalue weighted by Crippen LogP contribution is 2.44. The van der Waals surface area contributed by atoms with Crippen molar-refractivity contribution in [1.82, 2.24) is 10.3 Å². The highest BCUT2D eigenvalue weighted by atomic mass is 32.1. The molecule has 0 bridgehead atoms. The number of benzene rings is 2. The predicted octanol–water partition coefficient (Wildman–Crippen LogP) is 5.24. The monoisotopic (exact) mass is 440 g/mol. The van der Waals surface area contributed by atoms with Crippen molar-refractivity contribution < 1.29 is 19.0 Å². The molecule has 8 heteroatoms. The number of thiophene rings is 1. The van der Waals surface area contributed by atoms with Crippen molar-refractivity contribution >= 4 is 38.4 Å². The van der Waals surface area contributed by atoms with Crippen molar-refractivity contribution in [1.29, 1.82) is 0 Å². The van der Waals surface area contributed by atoms with E-state index in [9.17, 15) is 14.0 Å². The number of aromatic amines is 1. The quantitative estimate of drug-likeness (QED) is 0.396. The van der Waals surface area contributed by atoms with Gasteiger partial charge in [-0.3, -0.25) is 4.79 Å². The fraction of sp³-hybridized carbons (Fsp3) is 0.217. The number of aryl methyl sites for hydroxylation is 1. The second-order valence-electron chi connectivity index (χ2n) is 7.44. The van der Waals surface area contributed by atoms with Gasteiger partial charge in [-0.2, -0.15) is 4.39 Å². The molecule has 1 unspecified atom stereocenters. The first-order valence-corrected chi connectivity index (χ1v) is 10.5. The van der Waals surface area contributed by atoms with Crippen LogP contribution in [0.15, 0.2) is 41.2 Å². The molecule has 2 aromatic carbocycles. The fourth-order valence-electron chi connectivity index (χ4n) is 4.04. The lowest BCUT2D eigenvalue weighted by atomic mass is 9.87. The first-order chi connectivity index (χ1) is 14.8. The first kappa shape index (κ1) is 20.9. The van der Waals surface area contributed by atoms with Gasteiger partial charge < -0.3 is 20.1 Å². The van der Waals surface area contributed by atoms with Gasteiger partial charge in [0.2, 0.25) is 0 Å². The molecule has 31 heavy (non-hydrogen) atoms. The van der Waals surface area contributed by atoms with E-state index in [0.29, 0.717) is 26.7 Å². The fourth-order valence-corrected chi connectivity index (χ4v) is 4.82. The number of carbonyl (C=O) groups is 1. The van der Waals surface area contributed by atoms with Crippen LogP contribution in [0.1, 0.15) is 24.0 Å². The lowest BCUT2D eigenvalue weighted by Gasteiger charge is -2.21. The molecular weight excluding hydrogens is 419 g/mol. The Morgan fingerprint density at radius 2 is 2.06 bits per heavy atom. The second kappa shape index (κ2) is 8.03. The molecule has 0 radical (unpaired) electrons. The van der Waals surface area contributed by atoms with Gasteiger partial charge in [0.15, 0.2) is 5.13 Å². The van der Waals surface area contributed by atoms with E-state index in [0.717, 1.165) is 33.6 Å². The van der Waals surface area contributed by atoms with Crippen LogP contribution in [0.4, 0.5) is 9.18 Å². The zero-order valence-electron chi connectivity index (χ0n) is 17.2. The van der Waals surface area contributed by atoms with E-state index in [1.165, 1.54) is 6.07 Å². The van der Waals surface area contributed by atoms with E-state index >= 15 is 0 Å². The Labute approximate surface area is 181 Å². The summed E-state index contributed by atoms with van der Waals surface area (Å²) in [6, 6.07) is 10.9. The molecule has 0 spiro atoms. The number of nitrogens with one attached hydrogen (secondary N) is 2. The molecule has 0 aliphatic carbocycles. The number of aromatic nitrogens is 1. The zero-order valence-corrected chi connectivity index (χ0v) is 18.0. The van der Waals surface area contributed by atoms with Crippen LogP contribution in [0, 0.1) is 12.1 Å². The molecule has 4 aromatic rings. The van der Waals surface area contributed by atoms with Gasteiger partial charge in [0.1, 0.15) is 10.4 Å². The largest absolute Gasteiger partial charge is 0.496 e. The minimum atomic E-state index is -1.09. The van der Waals surface area contributed by atoms with Crippen LogP contribution < -0.4 is 15.6 Å². The van der Waals surface area contributed by atoms with Gasteiger partial charge in [0, 0.05) is 22.9 Å². The summed E-state index contributed by atoms with van der Waals surface area (Å²) in [5.41, 5.74) is 3.58. The Morgan fingerprint density at radius 1 is 1.32 bits per heavy atom. The average molecular weight is 440 g/mol. The van der Waals surface area contributed by atoms with Crippen LogP contribution in [0.3, 0.4) is 0 Å². The third-order valence-electron chi connectivity index (χ3n) is 5.44. The summed E-state index contributed by atoms with van der Waals surface area (Å²) in [6.45, 7) is 4.03. The van der Waals surface area contributed by atoms with Crippen molar-refractivity contribution in [3.05, 3.63) is 63.0 Å². The molecular formula is C23H21FN2O4S. The van der Waals surface area contributed by atoms with Gasteiger partial charge in [-0.1, -0.05) is 31.2 Å². The van der Waals surface area contributed by atoms with E-state index in [1.54, 1.807) is 7.11 Å². The molecule has 4 rings (SSSR count). The number of amides is 1. The van der Waals surface area contributed by atoms with Gasteiger partial charge in [-0.15, -0.1) is 11.3 Å². The topological polar surface area (TPSA) is 91.4 Å². The van der Waals surface area contributed by atoms with E-state index in [2.05, 4.69) is 10.3 Å². The molecule has 0 fully saturated rings. The molecule has 0 saturated heterocycles. The Bertz CT molecular complexity index is 1380. The lowest BCUT2D eigenvalue weighted by Crippen LogP contribution is -2.25. The Balaban J connectivity index is 2.10. The van der Waals surface area contributed by atoms with Gasteiger partial charge in [0.05, 0.1) is 12.6 Å². The number of halogens is 1. The molecule has 2 aromatic heterocycles. The summed E-state index contributed by atoms with van der Waals surface area (Å²) >= 11 is 0.812. The third kappa shape index (κ3) is 3.63. The number of carboxylic acid groups (broad SMARTS) is 1. The minimum Gasteiger partial charge on any atom is -0.496 e. The third-order valence-corrected chi connectivity index (χ3v) is 6.37. The van der Waals surface area contributed by atoms with Crippen LogP contribution in [-0.2, 0) is 0 Å². The van der Waals surface area contributed by atoms with E-state index in [-0.39, 0.29) is 18.0 Å². The van der Waals surface area contributed by atoms with Crippen molar-refractivity contribution in [3.8, 4) is 16.9 Å². The molecule has 2 heterocycles. The SMILES string of the molecule is COc1cc(C)c2[nH]c(=O)c3sc(F)cc3c2c1-c1ccccc1C(C)CNC(=O)O. The second-order valence-corrected chi connectivity index (χ2v) is 8.44. The van der Waals surface area contributed by atoms with Crippen LogP contribution in [0.25, 0.3) is 32.1 Å². The lowest BCUT2D eigenvalue weighted by molar-refractivity contribution is 0.194. The summed E-state index contributed by atoms with van der Waals surface area (Å²) in [6.07, 6.45) is -1.09. The van der Waals surface area contributed by atoms with Crippen molar-refractivity contribution in [3.63, 3.8) is 0 Å². The van der Waals surface area contributed by atoms with Crippen molar-refractivity contribution in [2.24, 2.45) is 0 Å². The Kier molecular flexibility index (Phi) is 5.41. The number of ether oxygens (including phenoxy) is 1. The minimum absolute atomic E-state index is 0.133. The number of rotatable bonds is 5. The number of fused-ring (bicyclic) bond motifs is 3. The van der Waals surface area contributed by atoms with Gasteiger partial charge in [0.25, 0.3) is 5.56 Å². The highest BCUT2D eigenvalue weighted by molar-refractivity contribution is 7.17. The average Bonchev–Trinajstić information content (AvgIpc) is 3.14. The van der Waals surface area contributed by atoms with Gasteiger partial charge >= 0.3 is 6.09 Å². The number of hydrogen-bond acceptors (Lipinski definition) is 4. The number of hydrogen-bond donors (Lipinski definition) is 3. The normalized spacial score (nSPS) is 12.3. The summed E-state index contributed by atoms with van der Waals surface area (Å²) in [5.74, 6) is 0.460. The summed E-state index contributed by atoms with van der Waals surface area (Å²) in [7, 11) is 1.57. The summed E-state index contributed by atoms with van der Waals surface area (Å²) in [4.78, 5) is 26.5. The van der Waals surface area contributed by atoms with Crippen LogP contribution in [0.2, 0.25) is 0 Å². The smallest absolute Gasteiger partial charge is 0.404 e. The molecule has 0 aliphatic rings. The van der Waals surface area contributed by atoms with Crippen molar-refractivity contribution in [2.75, 3.05) is 13.7 Å². The maximum Gasteiger partial charge on any atom is 0.404 e. The Morgan fingerprint density at radius 3 is 2.77 bits per heavy atom. The molecule has 1 amide bonds.